The molecule has 1 amide bonds. The lowest BCUT2D eigenvalue weighted by molar-refractivity contribution is -0.137. The van der Waals surface area contributed by atoms with Crippen molar-refractivity contribution in [3.8, 4) is 11.5 Å². The van der Waals surface area contributed by atoms with E-state index in [9.17, 15) is 18.4 Å². The Kier molecular flexibility index (Phi) is 5.49. The lowest BCUT2D eigenvalue weighted by Crippen LogP contribution is -2.31. The number of nitrogens with one attached hydrogen (secondary N) is 1. The zero-order chi connectivity index (χ0) is 20.3. The molecule has 0 saturated carbocycles. The largest absolute Gasteiger partial charge is 0.481 e. The van der Waals surface area contributed by atoms with Gasteiger partial charge in [0.25, 0.3) is 5.91 Å². The van der Waals surface area contributed by atoms with Crippen LogP contribution in [0.3, 0.4) is 0 Å². The smallest absolute Gasteiger partial charge is 0.305 e. The van der Waals surface area contributed by atoms with Crippen molar-refractivity contribution in [2.75, 3.05) is 0 Å². The van der Waals surface area contributed by atoms with Gasteiger partial charge >= 0.3 is 5.97 Å². The standard InChI is InChI=1S/C20H16F2N2O4/c1-11-18(24-20(28-11)13-7-3-5-9-15(13)22)19(27)23-16(10-17(25)26)12-6-2-4-8-14(12)21/h2-9,16H,10H2,1H3,(H,23,27)(H,25,26). The summed E-state index contributed by atoms with van der Waals surface area (Å²) >= 11 is 0. The van der Waals surface area contributed by atoms with Crippen molar-refractivity contribution in [1.82, 2.24) is 10.3 Å². The molecule has 1 unspecified atom stereocenters. The van der Waals surface area contributed by atoms with Crippen LogP contribution in [0.5, 0.6) is 0 Å². The summed E-state index contributed by atoms with van der Waals surface area (Å²) in [5.74, 6) is -3.13. The average Bonchev–Trinajstić information content (AvgIpc) is 3.03. The fraction of sp³-hybridized carbons (Fsp3) is 0.150. The highest BCUT2D eigenvalue weighted by molar-refractivity contribution is 5.94. The van der Waals surface area contributed by atoms with Gasteiger partial charge in [0.05, 0.1) is 18.0 Å². The molecule has 0 aliphatic carbocycles. The average molecular weight is 386 g/mol. The van der Waals surface area contributed by atoms with Gasteiger partial charge in [-0.3, -0.25) is 9.59 Å². The number of oxazole rings is 1. The molecule has 0 aliphatic heterocycles. The molecular formula is C20H16F2N2O4. The molecule has 1 atom stereocenters. The fourth-order valence-electron chi connectivity index (χ4n) is 2.75. The lowest BCUT2D eigenvalue weighted by Gasteiger charge is -2.17. The minimum atomic E-state index is -1.21. The number of rotatable bonds is 6. The second-order valence-electron chi connectivity index (χ2n) is 6.05. The van der Waals surface area contributed by atoms with Crippen molar-refractivity contribution in [3.63, 3.8) is 0 Å². The Labute approximate surface area is 158 Å². The first kappa shape index (κ1) is 19.2. The molecule has 2 aromatic carbocycles. The van der Waals surface area contributed by atoms with Crippen molar-refractivity contribution >= 4 is 11.9 Å². The zero-order valence-electron chi connectivity index (χ0n) is 14.8. The van der Waals surface area contributed by atoms with Gasteiger partial charge in [0, 0.05) is 5.56 Å². The van der Waals surface area contributed by atoms with Gasteiger partial charge in [-0.05, 0) is 25.1 Å². The van der Waals surface area contributed by atoms with Crippen LogP contribution in [0.25, 0.3) is 11.5 Å². The quantitative estimate of drug-likeness (QED) is 0.671. The number of carboxylic acid groups (broad SMARTS) is 1. The predicted molar refractivity (Wildman–Crippen MR) is 95.5 cm³/mol. The highest BCUT2D eigenvalue weighted by Crippen LogP contribution is 2.25. The summed E-state index contributed by atoms with van der Waals surface area (Å²) < 4.78 is 33.4. The van der Waals surface area contributed by atoms with Crippen molar-refractivity contribution < 1.29 is 27.9 Å². The number of hydrogen-bond donors (Lipinski definition) is 2. The number of aryl methyl sites for hydroxylation is 1. The summed E-state index contributed by atoms with van der Waals surface area (Å²) in [4.78, 5) is 27.8. The number of hydrogen-bond acceptors (Lipinski definition) is 4. The Hall–Kier alpha value is -3.55. The maximum atomic E-state index is 14.1. The van der Waals surface area contributed by atoms with Crippen LogP contribution in [0.4, 0.5) is 8.78 Å². The molecule has 0 fully saturated rings. The molecule has 2 N–H and O–H groups in total. The van der Waals surface area contributed by atoms with Crippen LogP contribution >= 0.6 is 0 Å². The molecule has 0 aliphatic rings. The Morgan fingerprint density at radius 1 is 1.11 bits per heavy atom. The molecule has 0 spiro atoms. The first-order valence-corrected chi connectivity index (χ1v) is 8.36. The van der Waals surface area contributed by atoms with Gasteiger partial charge in [-0.1, -0.05) is 30.3 Å². The molecule has 0 saturated heterocycles. The Morgan fingerprint density at radius 2 is 1.75 bits per heavy atom. The van der Waals surface area contributed by atoms with Crippen molar-refractivity contribution in [2.24, 2.45) is 0 Å². The van der Waals surface area contributed by atoms with E-state index in [4.69, 9.17) is 9.52 Å². The van der Waals surface area contributed by atoms with E-state index in [0.29, 0.717) is 0 Å². The fourth-order valence-corrected chi connectivity index (χ4v) is 2.75. The Morgan fingerprint density at radius 3 is 2.39 bits per heavy atom. The van der Waals surface area contributed by atoms with Gasteiger partial charge in [0.2, 0.25) is 5.89 Å². The van der Waals surface area contributed by atoms with Crippen molar-refractivity contribution in [2.45, 2.75) is 19.4 Å². The van der Waals surface area contributed by atoms with Gasteiger partial charge in [-0.25, -0.2) is 13.8 Å². The molecule has 0 bridgehead atoms. The highest BCUT2D eigenvalue weighted by Gasteiger charge is 2.25. The lowest BCUT2D eigenvalue weighted by atomic mass is 10.0. The summed E-state index contributed by atoms with van der Waals surface area (Å²) in [6, 6.07) is 10.2. The topological polar surface area (TPSA) is 92.4 Å². The maximum absolute atomic E-state index is 14.1. The minimum absolute atomic E-state index is 0.0359. The first-order valence-electron chi connectivity index (χ1n) is 8.36. The second-order valence-corrected chi connectivity index (χ2v) is 6.05. The first-order chi connectivity index (χ1) is 13.4. The highest BCUT2D eigenvalue weighted by atomic mass is 19.1. The molecule has 1 aromatic heterocycles. The SMILES string of the molecule is Cc1oc(-c2ccccc2F)nc1C(=O)NC(CC(=O)O)c1ccccc1F. The molecule has 28 heavy (non-hydrogen) atoms. The second kappa shape index (κ2) is 7.99. The van der Waals surface area contributed by atoms with Gasteiger partial charge in [-0.2, -0.15) is 0 Å². The van der Waals surface area contributed by atoms with Crippen molar-refractivity contribution in [3.05, 3.63) is 77.2 Å². The van der Waals surface area contributed by atoms with Crippen LogP contribution in [0.15, 0.2) is 52.9 Å². The Balaban J connectivity index is 1.89. The van der Waals surface area contributed by atoms with Gasteiger partial charge in [0.1, 0.15) is 17.4 Å². The monoisotopic (exact) mass is 386 g/mol. The van der Waals surface area contributed by atoms with E-state index in [1.54, 1.807) is 6.07 Å². The number of carbonyl (C=O) groups excluding carboxylic acids is 1. The normalized spacial score (nSPS) is 11.8. The van der Waals surface area contributed by atoms with E-state index in [-0.39, 0.29) is 28.5 Å². The zero-order valence-corrected chi connectivity index (χ0v) is 14.8. The van der Waals surface area contributed by atoms with E-state index in [0.717, 1.165) is 0 Å². The van der Waals surface area contributed by atoms with E-state index in [2.05, 4.69) is 10.3 Å². The third-order valence-electron chi connectivity index (χ3n) is 4.08. The van der Waals surface area contributed by atoms with Crippen LogP contribution < -0.4 is 5.32 Å². The maximum Gasteiger partial charge on any atom is 0.305 e. The van der Waals surface area contributed by atoms with Gasteiger partial charge in [0.15, 0.2) is 5.69 Å². The van der Waals surface area contributed by atoms with E-state index >= 15 is 0 Å². The molecular weight excluding hydrogens is 370 g/mol. The van der Waals surface area contributed by atoms with Gasteiger partial charge < -0.3 is 14.8 Å². The number of aliphatic carboxylic acids is 1. The number of benzene rings is 2. The minimum Gasteiger partial charge on any atom is -0.481 e. The summed E-state index contributed by atoms with van der Waals surface area (Å²) in [5.41, 5.74) is -0.0143. The molecule has 144 valence electrons. The van der Waals surface area contributed by atoms with Crippen molar-refractivity contribution in [1.29, 1.82) is 0 Å². The third kappa shape index (κ3) is 4.06. The van der Waals surface area contributed by atoms with E-state index in [1.807, 2.05) is 0 Å². The number of aromatic nitrogens is 1. The molecule has 3 rings (SSSR count). The number of carbonyl (C=O) groups is 2. The van der Waals surface area contributed by atoms with Crippen LogP contribution in [-0.4, -0.2) is 22.0 Å². The van der Waals surface area contributed by atoms with Crippen LogP contribution in [0.2, 0.25) is 0 Å². The van der Waals surface area contributed by atoms with Crippen LogP contribution in [0, 0.1) is 18.6 Å². The predicted octanol–water partition coefficient (Wildman–Crippen LogP) is 3.87. The number of halogens is 2. The molecule has 0 radical (unpaired) electrons. The molecule has 8 heteroatoms. The van der Waals surface area contributed by atoms with Crippen LogP contribution in [0.1, 0.15) is 34.3 Å². The molecule has 3 aromatic rings. The summed E-state index contributed by atoms with van der Waals surface area (Å²) in [5, 5.41) is 11.6. The van der Waals surface area contributed by atoms with E-state index < -0.39 is 36.0 Å². The number of nitrogens with zero attached hydrogens (tertiary/aromatic N) is 1. The molecule has 6 nitrogen and oxygen atoms in total. The third-order valence-corrected chi connectivity index (χ3v) is 4.08. The summed E-state index contributed by atoms with van der Waals surface area (Å²) in [6.07, 6.45) is -0.524. The van der Waals surface area contributed by atoms with Crippen LogP contribution in [-0.2, 0) is 4.79 Å². The van der Waals surface area contributed by atoms with E-state index in [1.165, 1.54) is 49.4 Å². The summed E-state index contributed by atoms with van der Waals surface area (Å²) in [7, 11) is 0. The summed E-state index contributed by atoms with van der Waals surface area (Å²) in [6.45, 7) is 1.47. The van der Waals surface area contributed by atoms with Gasteiger partial charge in [-0.15, -0.1) is 0 Å². The Bertz CT molecular complexity index is 1030. The molecule has 1 heterocycles. The number of amides is 1. The number of carboxylic acids is 1.